The lowest BCUT2D eigenvalue weighted by molar-refractivity contribution is -0.132. The van der Waals surface area contributed by atoms with Gasteiger partial charge in [-0.2, -0.15) is 0 Å². The first kappa shape index (κ1) is 7.59. The van der Waals surface area contributed by atoms with Gasteiger partial charge in [-0.15, -0.1) is 0 Å². The van der Waals surface area contributed by atoms with Crippen LogP contribution in [0, 0.1) is 0 Å². The fourth-order valence-corrected chi connectivity index (χ4v) is 1.81. The van der Waals surface area contributed by atoms with Gasteiger partial charge < -0.3 is 4.90 Å². The van der Waals surface area contributed by atoms with Gasteiger partial charge in [0, 0.05) is 13.0 Å². The molecule has 2 nitrogen and oxygen atoms in total. The van der Waals surface area contributed by atoms with Gasteiger partial charge in [-0.1, -0.05) is 23.8 Å². The highest BCUT2D eigenvalue weighted by atomic mass is 16.2. The van der Waals surface area contributed by atoms with E-state index in [9.17, 15) is 4.79 Å². The second-order valence-corrected chi connectivity index (χ2v) is 3.50. The molecule has 0 radical (unpaired) electrons. The lowest BCUT2D eigenvalue weighted by Gasteiger charge is -2.35. The summed E-state index contributed by atoms with van der Waals surface area (Å²) in [6.07, 6.45) is 7.89. The number of rotatable bonds is 0. The van der Waals surface area contributed by atoms with E-state index in [1.165, 1.54) is 5.57 Å². The van der Waals surface area contributed by atoms with Crippen molar-refractivity contribution in [3.05, 3.63) is 23.8 Å². The topological polar surface area (TPSA) is 20.3 Å². The van der Waals surface area contributed by atoms with Crippen LogP contribution in [0.25, 0.3) is 0 Å². The molecule has 1 amide bonds. The van der Waals surface area contributed by atoms with Crippen LogP contribution in [0.3, 0.4) is 0 Å². The van der Waals surface area contributed by atoms with Crippen LogP contribution < -0.4 is 0 Å². The lowest BCUT2D eigenvalue weighted by atomic mass is 9.98. The summed E-state index contributed by atoms with van der Waals surface area (Å²) >= 11 is 0. The molecule has 1 atom stereocenters. The van der Waals surface area contributed by atoms with E-state index in [2.05, 4.69) is 19.1 Å². The van der Waals surface area contributed by atoms with Gasteiger partial charge in [0.2, 0.25) is 5.91 Å². The van der Waals surface area contributed by atoms with Gasteiger partial charge in [0.25, 0.3) is 0 Å². The first-order valence-corrected chi connectivity index (χ1v) is 4.39. The molecule has 0 saturated carbocycles. The van der Waals surface area contributed by atoms with Crippen LogP contribution in [0.15, 0.2) is 23.8 Å². The van der Waals surface area contributed by atoms with Crippen molar-refractivity contribution in [3.8, 4) is 0 Å². The highest BCUT2D eigenvalue weighted by Crippen LogP contribution is 2.22. The highest BCUT2D eigenvalue weighted by Gasteiger charge is 2.25. The Balaban J connectivity index is 2.22. The minimum atomic E-state index is 0.270. The Kier molecular flexibility index (Phi) is 1.75. The molecule has 0 bridgehead atoms. The SMILES string of the molecule is CC1=CCN2C(=O)CC=C[C@H]2C1. The molecule has 64 valence electrons. The Morgan fingerprint density at radius 1 is 1.58 bits per heavy atom. The Labute approximate surface area is 72.6 Å². The number of nitrogens with zero attached hydrogens (tertiary/aromatic N) is 1. The zero-order valence-electron chi connectivity index (χ0n) is 7.29. The minimum Gasteiger partial charge on any atom is -0.332 e. The normalized spacial score (nSPS) is 28.4. The third-order valence-corrected chi connectivity index (χ3v) is 2.54. The first-order chi connectivity index (χ1) is 5.77. The van der Waals surface area contributed by atoms with Crippen LogP contribution in [-0.4, -0.2) is 23.4 Å². The maximum Gasteiger partial charge on any atom is 0.227 e. The molecule has 0 aromatic carbocycles. The summed E-state index contributed by atoms with van der Waals surface area (Å²) in [5, 5.41) is 0. The molecule has 0 unspecified atom stereocenters. The molecule has 2 heteroatoms. The molecular weight excluding hydrogens is 150 g/mol. The Morgan fingerprint density at radius 3 is 3.25 bits per heavy atom. The van der Waals surface area contributed by atoms with Gasteiger partial charge in [0.15, 0.2) is 0 Å². The van der Waals surface area contributed by atoms with Crippen LogP contribution in [0.1, 0.15) is 19.8 Å². The second-order valence-electron chi connectivity index (χ2n) is 3.50. The highest BCUT2D eigenvalue weighted by molar-refractivity contribution is 5.80. The van der Waals surface area contributed by atoms with Crippen LogP contribution >= 0.6 is 0 Å². The zero-order chi connectivity index (χ0) is 8.55. The lowest BCUT2D eigenvalue weighted by Crippen LogP contribution is -2.43. The quantitative estimate of drug-likeness (QED) is 0.495. The summed E-state index contributed by atoms with van der Waals surface area (Å²) in [5.41, 5.74) is 1.40. The van der Waals surface area contributed by atoms with Crippen molar-refractivity contribution >= 4 is 5.91 Å². The van der Waals surface area contributed by atoms with Crippen molar-refractivity contribution in [1.29, 1.82) is 0 Å². The van der Waals surface area contributed by atoms with Crippen LogP contribution in [-0.2, 0) is 4.79 Å². The van der Waals surface area contributed by atoms with Gasteiger partial charge in [-0.05, 0) is 13.3 Å². The fraction of sp³-hybridized carbons (Fsp3) is 0.500. The van der Waals surface area contributed by atoms with Crippen LogP contribution in [0.2, 0.25) is 0 Å². The number of amides is 1. The van der Waals surface area contributed by atoms with Crippen LogP contribution in [0.4, 0.5) is 0 Å². The Bertz CT molecular complexity index is 265. The van der Waals surface area contributed by atoms with Gasteiger partial charge in [-0.25, -0.2) is 0 Å². The third kappa shape index (κ3) is 1.17. The molecule has 0 spiro atoms. The first-order valence-electron chi connectivity index (χ1n) is 4.39. The van der Waals surface area contributed by atoms with E-state index in [4.69, 9.17) is 0 Å². The molecule has 0 fully saturated rings. The molecule has 2 aliphatic rings. The van der Waals surface area contributed by atoms with E-state index in [1.807, 2.05) is 11.0 Å². The standard InChI is InChI=1S/C10H13NO/c1-8-5-6-11-9(7-8)3-2-4-10(11)12/h2-3,5,9H,4,6-7H2,1H3/t9-/m0/s1. The van der Waals surface area contributed by atoms with E-state index in [0.717, 1.165) is 13.0 Å². The van der Waals surface area contributed by atoms with Crippen LogP contribution in [0.5, 0.6) is 0 Å². The number of carbonyl (C=O) groups is 1. The third-order valence-electron chi connectivity index (χ3n) is 2.54. The summed E-state index contributed by atoms with van der Waals surface area (Å²) in [7, 11) is 0. The molecule has 0 aromatic rings. The van der Waals surface area contributed by atoms with E-state index < -0.39 is 0 Å². The summed E-state index contributed by atoms with van der Waals surface area (Å²) < 4.78 is 0. The van der Waals surface area contributed by atoms with Crippen molar-refractivity contribution in [3.63, 3.8) is 0 Å². The summed E-state index contributed by atoms with van der Waals surface area (Å²) in [4.78, 5) is 13.3. The zero-order valence-corrected chi connectivity index (χ0v) is 7.29. The number of carbonyl (C=O) groups excluding carboxylic acids is 1. The smallest absolute Gasteiger partial charge is 0.227 e. The number of fused-ring (bicyclic) bond motifs is 1. The van der Waals surface area contributed by atoms with Crippen molar-refractivity contribution in [2.75, 3.05) is 6.54 Å². The van der Waals surface area contributed by atoms with Crippen molar-refractivity contribution in [2.24, 2.45) is 0 Å². The molecule has 0 aliphatic carbocycles. The van der Waals surface area contributed by atoms with Gasteiger partial charge in [0.1, 0.15) is 0 Å². The summed E-state index contributed by atoms with van der Waals surface area (Å²) in [6, 6.07) is 0.344. The average Bonchev–Trinajstić information content (AvgIpc) is 2.04. The largest absolute Gasteiger partial charge is 0.332 e. The van der Waals surface area contributed by atoms with E-state index in [0.29, 0.717) is 12.5 Å². The molecule has 0 aromatic heterocycles. The maximum atomic E-state index is 11.4. The van der Waals surface area contributed by atoms with Crippen molar-refractivity contribution in [1.82, 2.24) is 4.90 Å². The minimum absolute atomic E-state index is 0.270. The maximum absolute atomic E-state index is 11.4. The summed E-state index contributed by atoms with van der Waals surface area (Å²) in [5.74, 6) is 0.270. The fourth-order valence-electron chi connectivity index (χ4n) is 1.81. The molecule has 2 aliphatic heterocycles. The molecule has 2 rings (SSSR count). The molecular formula is C10H13NO. The van der Waals surface area contributed by atoms with E-state index in [-0.39, 0.29) is 5.91 Å². The molecule has 0 saturated heterocycles. The van der Waals surface area contributed by atoms with E-state index >= 15 is 0 Å². The number of hydrogen-bond acceptors (Lipinski definition) is 1. The van der Waals surface area contributed by atoms with E-state index in [1.54, 1.807) is 0 Å². The Hall–Kier alpha value is -1.05. The molecule has 2 heterocycles. The average molecular weight is 163 g/mol. The summed E-state index contributed by atoms with van der Waals surface area (Å²) in [6.45, 7) is 2.93. The monoisotopic (exact) mass is 163 g/mol. The number of hydrogen-bond donors (Lipinski definition) is 0. The second kappa shape index (κ2) is 2.77. The van der Waals surface area contributed by atoms with Gasteiger partial charge >= 0.3 is 0 Å². The van der Waals surface area contributed by atoms with Gasteiger partial charge in [-0.3, -0.25) is 4.79 Å². The molecule has 12 heavy (non-hydrogen) atoms. The predicted molar refractivity (Wildman–Crippen MR) is 47.6 cm³/mol. The molecule has 0 N–H and O–H groups in total. The Morgan fingerprint density at radius 2 is 2.42 bits per heavy atom. The predicted octanol–water partition coefficient (Wildman–Crippen LogP) is 1.49. The van der Waals surface area contributed by atoms with Gasteiger partial charge in [0.05, 0.1) is 6.04 Å². The van der Waals surface area contributed by atoms with Crippen molar-refractivity contribution < 1.29 is 4.79 Å². The van der Waals surface area contributed by atoms with Crippen molar-refractivity contribution in [2.45, 2.75) is 25.8 Å².